The molecule has 1 heteroatoms. The molecule has 0 aliphatic heterocycles. The molecule has 74 valence electrons. The van der Waals surface area contributed by atoms with Crippen molar-refractivity contribution in [3.8, 4) is 0 Å². The Morgan fingerprint density at radius 3 is 2.92 bits per heavy atom. The maximum atomic E-state index is 2.52. The van der Waals surface area contributed by atoms with Crippen molar-refractivity contribution >= 4 is 0 Å². The molecule has 0 atom stereocenters. The summed E-state index contributed by atoms with van der Waals surface area (Å²) in [5.41, 5.74) is 1.73. The third-order valence-electron chi connectivity index (χ3n) is 3.25. The minimum Gasteiger partial charge on any atom is -0.346 e. The van der Waals surface area contributed by atoms with E-state index in [0.29, 0.717) is 0 Å². The van der Waals surface area contributed by atoms with Gasteiger partial charge in [0.15, 0.2) is 0 Å². The van der Waals surface area contributed by atoms with Crippen molar-refractivity contribution in [1.82, 2.24) is 0 Å². The lowest BCUT2D eigenvalue weighted by Crippen LogP contribution is -2.84. The van der Waals surface area contributed by atoms with Gasteiger partial charge in [-0.1, -0.05) is 11.6 Å². The van der Waals surface area contributed by atoms with Gasteiger partial charge in [-0.2, -0.15) is 0 Å². The van der Waals surface area contributed by atoms with E-state index in [2.05, 4.69) is 11.4 Å². The van der Waals surface area contributed by atoms with E-state index in [0.717, 1.165) is 5.92 Å². The van der Waals surface area contributed by atoms with Crippen LogP contribution in [-0.4, -0.2) is 13.1 Å². The van der Waals surface area contributed by atoms with Gasteiger partial charge in [-0.15, -0.1) is 0 Å². The zero-order valence-electron chi connectivity index (χ0n) is 8.60. The van der Waals surface area contributed by atoms with Crippen molar-refractivity contribution < 1.29 is 5.32 Å². The second kappa shape index (κ2) is 4.80. The zero-order chi connectivity index (χ0) is 8.93. The molecule has 13 heavy (non-hydrogen) atoms. The van der Waals surface area contributed by atoms with Gasteiger partial charge in [-0.3, -0.25) is 0 Å². The van der Waals surface area contributed by atoms with Gasteiger partial charge in [0.25, 0.3) is 0 Å². The fourth-order valence-electron chi connectivity index (χ4n) is 2.13. The number of nitrogens with two attached hydrogens (primary N) is 1. The smallest absolute Gasteiger partial charge is 0.0793 e. The highest BCUT2D eigenvalue weighted by Crippen LogP contribution is 2.26. The summed E-state index contributed by atoms with van der Waals surface area (Å²) in [6, 6.07) is 0. The number of quaternary nitrogens is 1. The molecular formula is C12H22N+. The zero-order valence-corrected chi connectivity index (χ0v) is 8.60. The van der Waals surface area contributed by atoms with Gasteiger partial charge in [-0.05, 0) is 38.5 Å². The van der Waals surface area contributed by atoms with Crippen molar-refractivity contribution in [1.29, 1.82) is 0 Å². The summed E-state index contributed by atoms with van der Waals surface area (Å²) in [5.74, 6) is 1.08. The van der Waals surface area contributed by atoms with E-state index < -0.39 is 0 Å². The SMILES string of the molecule is C1=C(CC[NH2+]CC2CC2)CCCC1. The van der Waals surface area contributed by atoms with E-state index in [4.69, 9.17) is 0 Å². The maximum Gasteiger partial charge on any atom is 0.0793 e. The maximum absolute atomic E-state index is 2.52. The average molecular weight is 180 g/mol. The molecule has 0 aromatic heterocycles. The topological polar surface area (TPSA) is 16.6 Å². The molecule has 1 nitrogen and oxygen atoms in total. The molecule has 0 unspecified atom stereocenters. The van der Waals surface area contributed by atoms with E-state index in [-0.39, 0.29) is 0 Å². The molecule has 1 saturated carbocycles. The normalized spacial score (nSPS) is 22.9. The van der Waals surface area contributed by atoms with Crippen LogP contribution in [0.4, 0.5) is 0 Å². The van der Waals surface area contributed by atoms with Crippen molar-refractivity contribution in [2.75, 3.05) is 13.1 Å². The molecule has 2 aliphatic rings. The lowest BCUT2D eigenvalue weighted by atomic mass is 9.97. The highest BCUT2D eigenvalue weighted by Gasteiger charge is 2.22. The summed E-state index contributed by atoms with van der Waals surface area (Å²) >= 11 is 0. The van der Waals surface area contributed by atoms with Gasteiger partial charge in [0.2, 0.25) is 0 Å². The lowest BCUT2D eigenvalue weighted by Gasteiger charge is -2.11. The number of hydrogen-bond acceptors (Lipinski definition) is 0. The summed E-state index contributed by atoms with van der Waals surface area (Å²) in [5, 5.41) is 2.52. The van der Waals surface area contributed by atoms with Crippen LogP contribution < -0.4 is 5.32 Å². The van der Waals surface area contributed by atoms with Crippen molar-refractivity contribution in [3.63, 3.8) is 0 Å². The average Bonchev–Trinajstić information content (AvgIpc) is 2.98. The molecular weight excluding hydrogens is 158 g/mol. The molecule has 0 heterocycles. The van der Waals surface area contributed by atoms with E-state index in [9.17, 15) is 0 Å². The molecule has 2 aliphatic carbocycles. The lowest BCUT2D eigenvalue weighted by molar-refractivity contribution is -0.656. The van der Waals surface area contributed by atoms with Crippen LogP contribution >= 0.6 is 0 Å². The molecule has 0 bridgehead atoms. The van der Waals surface area contributed by atoms with Crippen LogP contribution in [-0.2, 0) is 0 Å². The van der Waals surface area contributed by atoms with Crippen molar-refractivity contribution in [2.24, 2.45) is 5.92 Å². The van der Waals surface area contributed by atoms with Crippen LogP contribution in [0.15, 0.2) is 11.6 Å². The highest BCUT2D eigenvalue weighted by atomic mass is 14.9. The Morgan fingerprint density at radius 2 is 2.23 bits per heavy atom. The third-order valence-corrected chi connectivity index (χ3v) is 3.25. The molecule has 1 fully saturated rings. The molecule has 0 radical (unpaired) electrons. The standard InChI is InChI=1S/C12H21N/c1-2-4-11(5-3-1)8-9-13-10-12-6-7-12/h4,12-13H,1-3,5-10H2/p+1. The van der Waals surface area contributed by atoms with Crippen molar-refractivity contribution in [3.05, 3.63) is 11.6 Å². The Labute approximate surface area is 81.6 Å². The van der Waals surface area contributed by atoms with E-state index in [1.54, 1.807) is 5.57 Å². The van der Waals surface area contributed by atoms with Gasteiger partial charge in [0, 0.05) is 12.3 Å². The highest BCUT2D eigenvalue weighted by molar-refractivity contribution is 5.04. The fraction of sp³-hybridized carbons (Fsp3) is 0.833. The predicted octanol–water partition coefficient (Wildman–Crippen LogP) is 1.85. The van der Waals surface area contributed by atoms with Gasteiger partial charge < -0.3 is 5.32 Å². The van der Waals surface area contributed by atoms with Crippen LogP contribution in [0, 0.1) is 5.92 Å². The van der Waals surface area contributed by atoms with Gasteiger partial charge in [0.05, 0.1) is 13.1 Å². The number of rotatable bonds is 5. The monoisotopic (exact) mass is 180 g/mol. The van der Waals surface area contributed by atoms with Crippen LogP contribution in [0.25, 0.3) is 0 Å². The predicted molar refractivity (Wildman–Crippen MR) is 55.6 cm³/mol. The molecule has 0 aromatic rings. The molecule has 0 amide bonds. The first-order valence-corrected chi connectivity index (χ1v) is 5.95. The van der Waals surface area contributed by atoms with Crippen LogP contribution in [0.5, 0.6) is 0 Å². The first-order chi connectivity index (χ1) is 6.45. The summed E-state index contributed by atoms with van der Waals surface area (Å²) in [6.07, 6.45) is 12.4. The molecule has 2 N–H and O–H groups in total. The third kappa shape index (κ3) is 3.51. The van der Waals surface area contributed by atoms with Gasteiger partial charge >= 0.3 is 0 Å². The Balaban J connectivity index is 1.53. The number of hydrogen-bond donors (Lipinski definition) is 1. The summed E-state index contributed by atoms with van der Waals surface area (Å²) in [6.45, 7) is 2.73. The first-order valence-electron chi connectivity index (χ1n) is 5.95. The minimum absolute atomic E-state index is 1.08. The Hall–Kier alpha value is -0.300. The van der Waals surface area contributed by atoms with Crippen LogP contribution in [0.3, 0.4) is 0 Å². The molecule has 0 spiro atoms. The number of allylic oxidation sites excluding steroid dienone is 1. The Kier molecular flexibility index (Phi) is 3.42. The summed E-state index contributed by atoms with van der Waals surface area (Å²) in [4.78, 5) is 0. The minimum atomic E-state index is 1.08. The molecule has 0 aromatic carbocycles. The Morgan fingerprint density at radius 1 is 1.31 bits per heavy atom. The van der Waals surface area contributed by atoms with Crippen molar-refractivity contribution in [2.45, 2.75) is 44.9 Å². The molecule has 0 saturated heterocycles. The molecule has 2 rings (SSSR count). The van der Waals surface area contributed by atoms with Crippen LogP contribution in [0.1, 0.15) is 44.9 Å². The fourth-order valence-corrected chi connectivity index (χ4v) is 2.13. The quantitative estimate of drug-likeness (QED) is 0.491. The van der Waals surface area contributed by atoms with E-state index in [1.807, 2.05) is 0 Å². The summed E-state index contributed by atoms with van der Waals surface area (Å²) in [7, 11) is 0. The largest absolute Gasteiger partial charge is 0.346 e. The summed E-state index contributed by atoms with van der Waals surface area (Å²) < 4.78 is 0. The second-order valence-electron chi connectivity index (χ2n) is 4.61. The second-order valence-corrected chi connectivity index (χ2v) is 4.61. The first kappa shape index (κ1) is 9.26. The van der Waals surface area contributed by atoms with Gasteiger partial charge in [0.1, 0.15) is 0 Å². The van der Waals surface area contributed by atoms with Gasteiger partial charge in [-0.25, -0.2) is 0 Å². The van der Waals surface area contributed by atoms with E-state index >= 15 is 0 Å². The Bertz CT molecular complexity index is 180. The van der Waals surface area contributed by atoms with E-state index in [1.165, 1.54) is 58.0 Å². The van der Waals surface area contributed by atoms with Crippen LogP contribution in [0.2, 0.25) is 0 Å².